The fourth-order valence-electron chi connectivity index (χ4n) is 1.82. The maximum absolute atomic E-state index is 5.83. The number of nitrogens with zero attached hydrogens (tertiary/aromatic N) is 2. The van der Waals surface area contributed by atoms with Crippen molar-refractivity contribution in [2.45, 2.75) is 0 Å². The SMILES string of the molecule is Clc1ccc(N=Cc2ccc3ccccc3n2)cc1. The molecular weight excluding hydrogens is 256 g/mol. The topological polar surface area (TPSA) is 25.2 Å². The number of aliphatic imine (C=N–C) groups is 1. The monoisotopic (exact) mass is 266 g/mol. The standard InChI is InChI=1S/C16H11ClN2/c17-13-6-9-14(10-7-13)18-11-15-8-5-12-3-1-2-4-16(12)19-15/h1-11H. The molecule has 0 unspecified atom stereocenters. The van der Waals surface area contributed by atoms with E-state index in [1.165, 1.54) is 0 Å². The van der Waals surface area contributed by atoms with E-state index in [0.29, 0.717) is 5.02 Å². The average Bonchev–Trinajstić information content (AvgIpc) is 2.46. The summed E-state index contributed by atoms with van der Waals surface area (Å²) in [6.07, 6.45) is 1.76. The van der Waals surface area contributed by atoms with Gasteiger partial charge in [-0.3, -0.25) is 4.99 Å². The molecule has 0 amide bonds. The second kappa shape index (κ2) is 5.21. The lowest BCUT2D eigenvalue weighted by atomic mass is 10.2. The van der Waals surface area contributed by atoms with E-state index in [1.54, 1.807) is 6.21 Å². The van der Waals surface area contributed by atoms with Gasteiger partial charge in [0.25, 0.3) is 0 Å². The molecule has 3 aromatic rings. The Balaban J connectivity index is 1.90. The molecule has 2 nitrogen and oxygen atoms in total. The second-order valence-corrected chi connectivity index (χ2v) is 4.60. The first kappa shape index (κ1) is 11.9. The van der Waals surface area contributed by atoms with Crippen LogP contribution in [0.2, 0.25) is 5.02 Å². The fourth-order valence-corrected chi connectivity index (χ4v) is 1.95. The van der Waals surface area contributed by atoms with Gasteiger partial charge in [-0.25, -0.2) is 4.98 Å². The summed E-state index contributed by atoms with van der Waals surface area (Å²) in [5, 5.41) is 1.84. The van der Waals surface area contributed by atoms with Crippen LogP contribution in [-0.4, -0.2) is 11.2 Å². The van der Waals surface area contributed by atoms with Crippen LogP contribution in [0.25, 0.3) is 10.9 Å². The van der Waals surface area contributed by atoms with Gasteiger partial charge in [0, 0.05) is 10.4 Å². The molecule has 0 N–H and O–H groups in total. The van der Waals surface area contributed by atoms with Crippen LogP contribution in [0.15, 0.2) is 65.7 Å². The molecule has 2 aromatic carbocycles. The predicted octanol–water partition coefficient (Wildman–Crippen LogP) is 4.64. The van der Waals surface area contributed by atoms with Crippen LogP contribution in [0.3, 0.4) is 0 Å². The van der Waals surface area contributed by atoms with Gasteiger partial charge in [-0.1, -0.05) is 35.9 Å². The number of aromatic nitrogens is 1. The van der Waals surface area contributed by atoms with Crippen LogP contribution in [0, 0.1) is 0 Å². The van der Waals surface area contributed by atoms with Crippen LogP contribution in [0.5, 0.6) is 0 Å². The van der Waals surface area contributed by atoms with Crippen molar-refractivity contribution in [2.24, 2.45) is 4.99 Å². The van der Waals surface area contributed by atoms with Crippen molar-refractivity contribution in [1.82, 2.24) is 4.98 Å². The van der Waals surface area contributed by atoms with Crippen LogP contribution in [-0.2, 0) is 0 Å². The zero-order chi connectivity index (χ0) is 13.1. The lowest BCUT2D eigenvalue weighted by Crippen LogP contribution is -1.87. The van der Waals surface area contributed by atoms with Crippen LogP contribution >= 0.6 is 11.6 Å². The van der Waals surface area contributed by atoms with E-state index in [1.807, 2.05) is 60.7 Å². The first-order valence-corrected chi connectivity index (χ1v) is 6.34. The van der Waals surface area contributed by atoms with Crippen molar-refractivity contribution >= 4 is 34.4 Å². The Kier molecular flexibility index (Phi) is 3.25. The lowest BCUT2D eigenvalue weighted by molar-refractivity contribution is 1.37. The molecule has 19 heavy (non-hydrogen) atoms. The number of hydrogen-bond acceptors (Lipinski definition) is 2. The van der Waals surface area contributed by atoms with Crippen molar-refractivity contribution in [3.63, 3.8) is 0 Å². The molecule has 0 fully saturated rings. The summed E-state index contributed by atoms with van der Waals surface area (Å²) < 4.78 is 0. The van der Waals surface area contributed by atoms with E-state index < -0.39 is 0 Å². The van der Waals surface area contributed by atoms with Gasteiger partial charge in [-0.05, 0) is 36.4 Å². The van der Waals surface area contributed by atoms with Gasteiger partial charge < -0.3 is 0 Å². The Labute approximate surface area is 116 Å². The Morgan fingerprint density at radius 1 is 0.895 bits per heavy atom. The Morgan fingerprint density at radius 3 is 2.53 bits per heavy atom. The zero-order valence-electron chi connectivity index (χ0n) is 10.1. The maximum Gasteiger partial charge on any atom is 0.0820 e. The van der Waals surface area contributed by atoms with Gasteiger partial charge in [-0.2, -0.15) is 0 Å². The number of pyridine rings is 1. The molecule has 0 saturated carbocycles. The Hall–Kier alpha value is -2.19. The van der Waals surface area contributed by atoms with E-state index in [4.69, 9.17) is 11.6 Å². The molecule has 0 radical (unpaired) electrons. The van der Waals surface area contributed by atoms with Gasteiger partial charge >= 0.3 is 0 Å². The molecule has 1 aromatic heterocycles. The molecule has 0 bridgehead atoms. The molecule has 0 aliphatic rings. The van der Waals surface area contributed by atoms with Crippen LogP contribution < -0.4 is 0 Å². The van der Waals surface area contributed by atoms with Gasteiger partial charge in [-0.15, -0.1) is 0 Å². The highest BCUT2D eigenvalue weighted by molar-refractivity contribution is 6.30. The zero-order valence-corrected chi connectivity index (χ0v) is 10.9. The molecule has 0 aliphatic heterocycles. The molecule has 0 spiro atoms. The summed E-state index contributed by atoms with van der Waals surface area (Å²) in [7, 11) is 0. The van der Waals surface area contributed by atoms with Crippen LogP contribution in [0.4, 0.5) is 5.69 Å². The van der Waals surface area contributed by atoms with E-state index >= 15 is 0 Å². The van der Waals surface area contributed by atoms with Crippen molar-refractivity contribution in [3.8, 4) is 0 Å². The minimum Gasteiger partial charge on any atom is -0.255 e. The number of halogens is 1. The number of rotatable bonds is 2. The van der Waals surface area contributed by atoms with E-state index in [2.05, 4.69) is 9.98 Å². The molecule has 3 rings (SSSR count). The van der Waals surface area contributed by atoms with Crippen molar-refractivity contribution in [1.29, 1.82) is 0 Å². The third kappa shape index (κ3) is 2.80. The molecule has 0 atom stereocenters. The van der Waals surface area contributed by atoms with Gasteiger partial charge in [0.1, 0.15) is 0 Å². The molecule has 3 heteroatoms. The largest absolute Gasteiger partial charge is 0.255 e. The maximum atomic E-state index is 5.83. The van der Waals surface area contributed by atoms with Crippen LogP contribution in [0.1, 0.15) is 5.69 Å². The highest BCUT2D eigenvalue weighted by atomic mass is 35.5. The molecule has 92 valence electrons. The van der Waals surface area contributed by atoms with Crippen molar-refractivity contribution in [3.05, 3.63) is 71.4 Å². The first-order chi connectivity index (χ1) is 9.31. The highest BCUT2D eigenvalue weighted by Gasteiger charge is 1.95. The van der Waals surface area contributed by atoms with Gasteiger partial charge in [0.05, 0.1) is 23.1 Å². The number of para-hydroxylation sites is 1. The van der Waals surface area contributed by atoms with Crippen molar-refractivity contribution < 1.29 is 0 Å². The van der Waals surface area contributed by atoms with E-state index in [9.17, 15) is 0 Å². The molecular formula is C16H11ClN2. The van der Waals surface area contributed by atoms with E-state index in [-0.39, 0.29) is 0 Å². The van der Waals surface area contributed by atoms with Gasteiger partial charge in [0.2, 0.25) is 0 Å². The number of fused-ring (bicyclic) bond motifs is 1. The third-order valence-electron chi connectivity index (χ3n) is 2.79. The molecule has 1 heterocycles. The minimum absolute atomic E-state index is 0.711. The van der Waals surface area contributed by atoms with E-state index in [0.717, 1.165) is 22.3 Å². The fraction of sp³-hybridized carbons (Fsp3) is 0. The average molecular weight is 267 g/mol. The smallest absolute Gasteiger partial charge is 0.0820 e. The third-order valence-corrected chi connectivity index (χ3v) is 3.04. The quantitative estimate of drug-likeness (QED) is 0.621. The summed E-state index contributed by atoms with van der Waals surface area (Å²) in [4.78, 5) is 8.91. The summed E-state index contributed by atoms with van der Waals surface area (Å²) in [6.45, 7) is 0. The minimum atomic E-state index is 0.711. The van der Waals surface area contributed by atoms with Crippen molar-refractivity contribution in [2.75, 3.05) is 0 Å². The highest BCUT2D eigenvalue weighted by Crippen LogP contribution is 2.16. The summed E-state index contributed by atoms with van der Waals surface area (Å²) in [5.41, 5.74) is 2.68. The van der Waals surface area contributed by atoms with Gasteiger partial charge in [0.15, 0.2) is 0 Å². The molecule has 0 aliphatic carbocycles. The Bertz CT molecular complexity index is 733. The lowest BCUT2D eigenvalue weighted by Gasteiger charge is -1.98. The summed E-state index contributed by atoms with van der Waals surface area (Å²) in [5.74, 6) is 0. The number of benzene rings is 2. The Morgan fingerprint density at radius 2 is 1.68 bits per heavy atom. The summed E-state index contributed by atoms with van der Waals surface area (Å²) >= 11 is 5.83. The number of hydrogen-bond donors (Lipinski definition) is 0. The second-order valence-electron chi connectivity index (χ2n) is 4.16. The predicted molar refractivity (Wildman–Crippen MR) is 80.4 cm³/mol. The summed E-state index contributed by atoms with van der Waals surface area (Å²) in [6, 6.07) is 19.4. The normalized spacial score (nSPS) is 11.2. The first-order valence-electron chi connectivity index (χ1n) is 5.97. The molecule has 0 saturated heterocycles.